The summed E-state index contributed by atoms with van der Waals surface area (Å²) in [7, 11) is 0. The third kappa shape index (κ3) is 2.96. The number of halogens is 1. The monoisotopic (exact) mass is 354 g/mol. The number of nitrogens with zero attached hydrogens (tertiary/aromatic N) is 3. The molecule has 1 aliphatic rings. The number of pyridine rings is 1. The molecule has 2 aromatic heterocycles. The van der Waals surface area contributed by atoms with Crippen LogP contribution < -0.4 is 0 Å². The lowest BCUT2D eigenvalue weighted by Crippen LogP contribution is -2.40. The molecular weight excluding hydrogens is 331 g/mol. The second-order valence-electron chi connectivity index (χ2n) is 6.14. The summed E-state index contributed by atoms with van der Waals surface area (Å²) in [6, 6.07) is 9.07. The number of fused-ring (bicyclic) bond motifs is 2. The second-order valence-corrected chi connectivity index (χ2v) is 6.14. The van der Waals surface area contributed by atoms with Gasteiger partial charge >= 0.3 is 0 Å². The quantitative estimate of drug-likeness (QED) is 0.699. The van der Waals surface area contributed by atoms with Gasteiger partial charge in [-0.2, -0.15) is 0 Å². The molecule has 3 aromatic rings. The highest BCUT2D eigenvalue weighted by atomic mass is 19.1. The van der Waals surface area contributed by atoms with Crippen LogP contribution in [0.4, 0.5) is 4.39 Å². The van der Waals surface area contributed by atoms with Crippen molar-refractivity contribution in [3.8, 4) is 0 Å². The summed E-state index contributed by atoms with van der Waals surface area (Å²) in [5.41, 5.74) is 3.74. The van der Waals surface area contributed by atoms with E-state index in [0.717, 1.165) is 22.2 Å². The normalized spacial score (nSPS) is 18.9. The maximum Gasteiger partial charge on any atom is 0.290 e. The van der Waals surface area contributed by atoms with E-state index in [2.05, 4.69) is 15.0 Å². The fraction of sp³-hybridized carbons (Fsp3) is 0.350. The van der Waals surface area contributed by atoms with E-state index in [1.54, 1.807) is 12.3 Å². The van der Waals surface area contributed by atoms with Crippen LogP contribution in [0.25, 0.3) is 11.0 Å². The fourth-order valence-corrected chi connectivity index (χ4v) is 3.30. The van der Waals surface area contributed by atoms with Crippen molar-refractivity contribution in [2.75, 3.05) is 6.54 Å². The molecule has 0 bridgehead atoms. The summed E-state index contributed by atoms with van der Waals surface area (Å²) >= 11 is 0. The Balaban J connectivity index is 0.000000948. The molecule has 2 atom stereocenters. The largest absolute Gasteiger partial charge is 0.334 e. The van der Waals surface area contributed by atoms with Gasteiger partial charge in [0, 0.05) is 6.20 Å². The third-order valence-corrected chi connectivity index (χ3v) is 4.62. The van der Waals surface area contributed by atoms with Crippen LogP contribution in [0, 0.1) is 6.92 Å². The number of carbonyl (C=O) groups excluding carboxylic acids is 1. The number of aromatic nitrogens is 3. The van der Waals surface area contributed by atoms with Crippen molar-refractivity contribution in [2.45, 2.75) is 39.9 Å². The Morgan fingerprint density at radius 1 is 1.27 bits per heavy atom. The Bertz CT molecular complexity index is 936. The number of nitrogens with one attached hydrogen (secondary N) is 1. The van der Waals surface area contributed by atoms with Gasteiger partial charge in [0.25, 0.3) is 5.91 Å². The molecule has 1 aliphatic heterocycles. The molecule has 6 heteroatoms. The average Bonchev–Trinajstić information content (AvgIpc) is 3.11. The van der Waals surface area contributed by atoms with Crippen LogP contribution in [-0.2, 0) is 0 Å². The van der Waals surface area contributed by atoms with Gasteiger partial charge in [0.2, 0.25) is 0 Å². The number of aryl methyl sites for hydroxylation is 1. The van der Waals surface area contributed by atoms with E-state index >= 15 is 0 Å². The number of para-hydroxylation sites is 1. The van der Waals surface area contributed by atoms with E-state index in [1.807, 2.05) is 52.0 Å². The summed E-state index contributed by atoms with van der Waals surface area (Å²) in [5, 5.41) is 0. The lowest BCUT2D eigenvalue weighted by Gasteiger charge is -2.35. The van der Waals surface area contributed by atoms with Gasteiger partial charge in [0.1, 0.15) is 0 Å². The van der Waals surface area contributed by atoms with Gasteiger partial charge in [-0.1, -0.05) is 32.0 Å². The average molecular weight is 354 g/mol. The highest BCUT2D eigenvalue weighted by Gasteiger charge is 2.35. The van der Waals surface area contributed by atoms with Crippen LogP contribution in [0.5, 0.6) is 0 Å². The Morgan fingerprint density at radius 2 is 2.04 bits per heavy atom. The Kier molecular flexibility index (Phi) is 5.02. The molecule has 0 saturated carbocycles. The first-order valence-electron chi connectivity index (χ1n) is 8.91. The fourth-order valence-electron chi connectivity index (χ4n) is 3.30. The number of rotatable bonds is 1. The molecule has 0 aliphatic carbocycles. The minimum absolute atomic E-state index is 0.0138. The standard InChI is InChI=1S/C18H17FN4O.C2H6/c1-10-5-3-7-14-15(10)22-17(21-14)18(24)23-9-13(19)16-12(11(23)2)6-4-8-20-16;1-2/h3-8,11,13H,9H2,1-2H3,(H,21,22);1-2H3. The highest BCUT2D eigenvalue weighted by Crippen LogP contribution is 2.35. The van der Waals surface area contributed by atoms with Gasteiger partial charge in [-0.05, 0) is 37.1 Å². The molecule has 4 rings (SSSR count). The van der Waals surface area contributed by atoms with Crippen molar-refractivity contribution in [2.24, 2.45) is 0 Å². The number of aromatic amines is 1. The minimum atomic E-state index is -1.28. The third-order valence-electron chi connectivity index (χ3n) is 4.62. The molecule has 1 aromatic carbocycles. The number of imidazole rings is 1. The van der Waals surface area contributed by atoms with Crippen LogP contribution >= 0.6 is 0 Å². The van der Waals surface area contributed by atoms with E-state index in [9.17, 15) is 9.18 Å². The number of hydrogen-bond donors (Lipinski definition) is 1. The van der Waals surface area contributed by atoms with E-state index in [1.165, 1.54) is 4.90 Å². The van der Waals surface area contributed by atoms with Crippen molar-refractivity contribution in [3.63, 3.8) is 0 Å². The van der Waals surface area contributed by atoms with Crippen LogP contribution in [0.1, 0.15) is 60.4 Å². The molecule has 5 nitrogen and oxygen atoms in total. The van der Waals surface area contributed by atoms with Gasteiger partial charge in [-0.15, -0.1) is 0 Å². The zero-order valence-electron chi connectivity index (χ0n) is 15.5. The topological polar surface area (TPSA) is 61.9 Å². The maximum absolute atomic E-state index is 14.5. The number of carbonyl (C=O) groups is 1. The maximum atomic E-state index is 14.5. The van der Waals surface area contributed by atoms with Crippen molar-refractivity contribution in [3.05, 3.63) is 59.2 Å². The van der Waals surface area contributed by atoms with Crippen molar-refractivity contribution in [1.82, 2.24) is 19.9 Å². The molecule has 0 radical (unpaired) electrons. The predicted octanol–water partition coefficient (Wildman–Crippen LogP) is 4.52. The smallest absolute Gasteiger partial charge is 0.290 e. The minimum Gasteiger partial charge on any atom is -0.334 e. The summed E-state index contributed by atoms with van der Waals surface area (Å²) in [6.07, 6.45) is 0.296. The van der Waals surface area contributed by atoms with Crippen LogP contribution in [0.3, 0.4) is 0 Å². The Labute approximate surface area is 152 Å². The number of hydrogen-bond acceptors (Lipinski definition) is 3. The lowest BCUT2D eigenvalue weighted by molar-refractivity contribution is 0.0574. The molecular formula is C20H23FN4O. The number of alkyl halides is 1. The Hall–Kier alpha value is -2.76. The summed E-state index contributed by atoms with van der Waals surface area (Å²) in [4.78, 5) is 26.0. The number of H-pyrrole nitrogens is 1. The molecule has 26 heavy (non-hydrogen) atoms. The first kappa shape index (κ1) is 18.0. The zero-order valence-corrected chi connectivity index (χ0v) is 15.5. The number of amides is 1. The predicted molar refractivity (Wildman–Crippen MR) is 99.7 cm³/mol. The van der Waals surface area contributed by atoms with E-state index < -0.39 is 6.17 Å². The molecule has 136 valence electrons. The molecule has 0 spiro atoms. The van der Waals surface area contributed by atoms with Crippen molar-refractivity contribution < 1.29 is 9.18 Å². The number of benzene rings is 1. The van der Waals surface area contributed by atoms with Crippen LogP contribution in [0.2, 0.25) is 0 Å². The zero-order chi connectivity index (χ0) is 18.8. The van der Waals surface area contributed by atoms with Gasteiger partial charge in [-0.25, -0.2) is 9.37 Å². The van der Waals surface area contributed by atoms with Gasteiger partial charge in [-0.3, -0.25) is 9.78 Å². The summed E-state index contributed by atoms with van der Waals surface area (Å²) in [5.74, 6) is -0.0547. The van der Waals surface area contributed by atoms with Gasteiger partial charge in [0.15, 0.2) is 12.0 Å². The van der Waals surface area contributed by atoms with E-state index in [4.69, 9.17) is 0 Å². The van der Waals surface area contributed by atoms with Crippen LogP contribution in [0.15, 0.2) is 36.5 Å². The Morgan fingerprint density at radius 3 is 2.77 bits per heavy atom. The van der Waals surface area contributed by atoms with Gasteiger partial charge < -0.3 is 9.88 Å². The summed E-state index contributed by atoms with van der Waals surface area (Å²) in [6.45, 7) is 7.82. The van der Waals surface area contributed by atoms with E-state index in [-0.39, 0.29) is 24.3 Å². The highest BCUT2D eigenvalue weighted by molar-refractivity contribution is 5.95. The van der Waals surface area contributed by atoms with Crippen molar-refractivity contribution in [1.29, 1.82) is 0 Å². The molecule has 2 unspecified atom stereocenters. The lowest BCUT2D eigenvalue weighted by atomic mass is 9.97. The van der Waals surface area contributed by atoms with Gasteiger partial charge in [0.05, 0.1) is 29.3 Å². The van der Waals surface area contributed by atoms with Crippen molar-refractivity contribution >= 4 is 16.9 Å². The first-order chi connectivity index (χ1) is 12.6. The first-order valence-corrected chi connectivity index (χ1v) is 8.91. The summed E-state index contributed by atoms with van der Waals surface area (Å²) < 4.78 is 14.5. The molecule has 0 saturated heterocycles. The second kappa shape index (κ2) is 7.23. The SMILES string of the molecule is CC.Cc1cccc2[nH]c(C(=O)N3CC(F)c4ncccc4C3C)nc12. The van der Waals surface area contributed by atoms with E-state index in [0.29, 0.717) is 5.69 Å². The molecule has 3 heterocycles. The molecule has 1 N–H and O–H groups in total. The molecule has 0 fully saturated rings. The molecule has 1 amide bonds. The van der Waals surface area contributed by atoms with Crippen LogP contribution in [-0.4, -0.2) is 32.3 Å².